The smallest absolute Gasteiger partial charge is 0.148 e. The van der Waals surface area contributed by atoms with Crippen LogP contribution in [-0.4, -0.2) is 35.1 Å². The third-order valence-electron chi connectivity index (χ3n) is 1.85. The van der Waals surface area contributed by atoms with Gasteiger partial charge in [-0.15, -0.1) is 5.10 Å². The molecule has 5 nitrogen and oxygen atoms in total. The molecule has 0 aliphatic rings. The second-order valence-corrected chi connectivity index (χ2v) is 3.00. The van der Waals surface area contributed by atoms with Crippen LogP contribution in [0.4, 0.5) is 5.82 Å². The van der Waals surface area contributed by atoms with E-state index in [2.05, 4.69) is 15.5 Å². The predicted octanol–water partition coefficient (Wildman–Crippen LogP) is 0.416. The van der Waals surface area contributed by atoms with Crippen LogP contribution in [0.1, 0.15) is 12.6 Å². The highest BCUT2D eigenvalue weighted by molar-refractivity contribution is 5.32. The van der Waals surface area contributed by atoms with Gasteiger partial charge in [-0.2, -0.15) is 5.10 Å². The van der Waals surface area contributed by atoms with Crippen molar-refractivity contribution in [3.8, 4) is 0 Å². The zero-order valence-electron chi connectivity index (χ0n) is 8.40. The molecule has 0 amide bonds. The van der Waals surface area contributed by atoms with Crippen molar-refractivity contribution in [1.82, 2.24) is 10.2 Å². The van der Waals surface area contributed by atoms with Gasteiger partial charge in [0.05, 0.1) is 18.4 Å². The number of hydrogen-bond acceptors (Lipinski definition) is 5. The molecule has 0 aliphatic carbocycles. The summed E-state index contributed by atoms with van der Waals surface area (Å²) >= 11 is 0. The number of aliphatic hydroxyl groups excluding tert-OH is 1. The first-order valence-electron chi connectivity index (χ1n) is 4.46. The van der Waals surface area contributed by atoms with Crippen molar-refractivity contribution in [2.45, 2.75) is 19.6 Å². The number of aromatic nitrogens is 2. The Bertz CT molecular complexity index is 263. The van der Waals surface area contributed by atoms with Crippen LogP contribution >= 0.6 is 0 Å². The minimum atomic E-state index is -0.0816. The summed E-state index contributed by atoms with van der Waals surface area (Å²) in [5, 5.41) is 19.5. The van der Waals surface area contributed by atoms with Crippen molar-refractivity contribution >= 4 is 5.82 Å². The summed E-state index contributed by atoms with van der Waals surface area (Å²) in [7, 11) is 1.66. The zero-order valence-corrected chi connectivity index (χ0v) is 8.40. The Morgan fingerprint density at radius 1 is 1.50 bits per heavy atom. The number of rotatable bonds is 5. The van der Waals surface area contributed by atoms with Crippen molar-refractivity contribution in [2.24, 2.45) is 0 Å². The summed E-state index contributed by atoms with van der Waals surface area (Å²) in [4.78, 5) is 0. The van der Waals surface area contributed by atoms with E-state index in [1.807, 2.05) is 6.92 Å². The number of methoxy groups -OCH3 is 1. The Labute approximate surface area is 83.1 Å². The molecule has 1 heterocycles. The SMILES string of the molecule is COC(C)CNc1ccc(CO)nn1. The van der Waals surface area contributed by atoms with Gasteiger partial charge in [-0.1, -0.05) is 0 Å². The van der Waals surface area contributed by atoms with Gasteiger partial charge in [0, 0.05) is 13.7 Å². The Morgan fingerprint density at radius 3 is 2.79 bits per heavy atom. The molecular formula is C9H15N3O2. The summed E-state index contributed by atoms with van der Waals surface area (Å²) in [6.07, 6.45) is 0.134. The van der Waals surface area contributed by atoms with Gasteiger partial charge < -0.3 is 15.2 Å². The van der Waals surface area contributed by atoms with Gasteiger partial charge in [0.1, 0.15) is 5.82 Å². The molecular weight excluding hydrogens is 182 g/mol. The molecule has 1 rings (SSSR count). The maximum absolute atomic E-state index is 8.74. The van der Waals surface area contributed by atoms with Crippen LogP contribution in [-0.2, 0) is 11.3 Å². The fraction of sp³-hybridized carbons (Fsp3) is 0.556. The Morgan fingerprint density at radius 2 is 2.29 bits per heavy atom. The van der Waals surface area contributed by atoms with E-state index >= 15 is 0 Å². The van der Waals surface area contributed by atoms with Gasteiger partial charge >= 0.3 is 0 Å². The fourth-order valence-corrected chi connectivity index (χ4v) is 0.870. The van der Waals surface area contributed by atoms with Crippen LogP contribution in [0.15, 0.2) is 12.1 Å². The molecule has 0 fully saturated rings. The second-order valence-electron chi connectivity index (χ2n) is 3.00. The predicted molar refractivity (Wildman–Crippen MR) is 52.9 cm³/mol. The van der Waals surface area contributed by atoms with E-state index < -0.39 is 0 Å². The van der Waals surface area contributed by atoms with Gasteiger partial charge in [0.15, 0.2) is 0 Å². The van der Waals surface area contributed by atoms with Crippen molar-refractivity contribution in [3.05, 3.63) is 17.8 Å². The largest absolute Gasteiger partial charge is 0.390 e. The molecule has 5 heteroatoms. The molecule has 1 aromatic rings. The number of nitrogens with one attached hydrogen (secondary N) is 1. The summed E-state index contributed by atoms with van der Waals surface area (Å²) in [6.45, 7) is 2.56. The molecule has 0 bridgehead atoms. The van der Waals surface area contributed by atoms with E-state index in [0.717, 1.165) is 0 Å². The van der Waals surface area contributed by atoms with Gasteiger partial charge in [-0.25, -0.2) is 0 Å². The van der Waals surface area contributed by atoms with Crippen molar-refractivity contribution in [3.63, 3.8) is 0 Å². The molecule has 1 aromatic heterocycles. The summed E-state index contributed by atoms with van der Waals surface area (Å²) in [5.74, 6) is 0.686. The van der Waals surface area contributed by atoms with Crippen LogP contribution < -0.4 is 5.32 Å². The molecule has 0 aromatic carbocycles. The molecule has 14 heavy (non-hydrogen) atoms. The fourth-order valence-electron chi connectivity index (χ4n) is 0.870. The first-order chi connectivity index (χ1) is 6.76. The molecule has 78 valence electrons. The quantitative estimate of drug-likeness (QED) is 0.716. The van der Waals surface area contributed by atoms with E-state index in [0.29, 0.717) is 18.1 Å². The third-order valence-corrected chi connectivity index (χ3v) is 1.85. The highest BCUT2D eigenvalue weighted by Gasteiger charge is 2.00. The van der Waals surface area contributed by atoms with E-state index in [4.69, 9.17) is 9.84 Å². The zero-order chi connectivity index (χ0) is 10.4. The van der Waals surface area contributed by atoms with Crippen molar-refractivity contribution in [1.29, 1.82) is 0 Å². The number of aliphatic hydroxyl groups is 1. The van der Waals surface area contributed by atoms with Crippen molar-refractivity contribution < 1.29 is 9.84 Å². The first-order valence-corrected chi connectivity index (χ1v) is 4.46. The molecule has 0 aliphatic heterocycles. The van der Waals surface area contributed by atoms with E-state index in [9.17, 15) is 0 Å². The monoisotopic (exact) mass is 197 g/mol. The van der Waals surface area contributed by atoms with Gasteiger partial charge in [0.2, 0.25) is 0 Å². The minimum Gasteiger partial charge on any atom is -0.390 e. The minimum absolute atomic E-state index is 0.0816. The Hall–Kier alpha value is -1.20. The van der Waals surface area contributed by atoms with Crippen LogP contribution in [0.5, 0.6) is 0 Å². The molecule has 0 radical (unpaired) electrons. The molecule has 1 unspecified atom stereocenters. The molecule has 0 saturated heterocycles. The second kappa shape index (κ2) is 5.51. The lowest BCUT2D eigenvalue weighted by atomic mass is 10.4. The van der Waals surface area contributed by atoms with Crippen LogP contribution in [0, 0.1) is 0 Å². The number of nitrogens with zero attached hydrogens (tertiary/aromatic N) is 2. The number of hydrogen-bond donors (Lipinski definition) is 2. The van der Waals surface area contributed by atoms with Gasteiger partial charge in [0.25, 0.3) is 0 Å². The standard InChI is InChI=1S/C9H15N3O2/c1-7(14-2)5-10-9-4-3-8(6-13)11-12-9/h3-4,7,13H,5-6H2,1-2H3,(H,10,12). The topological polar surface area (TPSA) is 67.3 Å². The molecule has 0 spiro atoms. The van der Waals surface area contributed by atoms with Crippen LogP contribution in [0.3, 0.4) is 0 Å². The van der Waals surface area contributed by atoms with Crippen molar-refractivity contribution in [2.75, 3.05) is 19.0 Å². The lowest BCUT2D eigenvalue weighted by Gasteiger charge is -2.10. The maximum Gasteiger partial charge on any atom is 0.148 e. The van der Waals surface area contributed by atoms with Gasteiger partial charge in [-0.05, 0) is 19.1 Å². The average molecular weight is 197 g/mol. The lowest BCUT2D eigenvalue weighted by Crippen LogP contribution is -2.18. The highest BCUT2D eigenvalue weighted by Crippen LogP contribution is 2.02. The summed E-state index contributed by atoms with van der Waals surface area (Å²) < 4.78 is 5.07. The number of ether oxygens (including phenoxy) is 1. The van der Waals surface area contributed by atoms with E-state index in [1.54, 1.807) is 19.2 Å². The highest BCUT2D eigenvalue weighted by atomic mass is 16.5. The molecule has 0 saturated carbocycles. The maximum atomic E-state index is 8.74. The lowest BCUT2D eigenvalue weighted by molar-refractivity contribution is 0.128. The molecule has 1 atom stereocenters. The summed E-state index contributed by atoms with van der Waals surface area (Å²) in [5.41, 5.74) is 0.565. The normalized spacial score (nSPS) is 12.5. The van der Waals surface area contributed by atoms with Crippen LogP contribution in [0.25, 0.3) is 0 Å². The first kappa shape index (κ1) is 10.9. The van der Waals surface area contributed by atoms with E-state index in [-0.39, 0.29) is 12.7 Å². The van der Waals surface area contributed by atoms with Crippen LogP contribution in [0.2, 0.25) is 0 Å². The Kier molecular flexibility index (Phi) is 4.28. The van der Waals surface area contributed by atoms with E-state index in [1.165, 1.54) is 0 Å². The molecule has 2 N–H and O–H groups in total. The van der Waals surface area contributed by atoms with Gasteiger partial charge in [-0.3, -0.25) is 0 Å². The third kappa shape index (κ3) is 3.27. The summed E-state index contributed by atoms with van der Waals surface area (Å²) in [6, 6.07) is 3.51. The average Bonchev–Trinajstić information content (AvgIpc) is 2.26. The Balaban J connectivity index is 2.43. The number of anilines is 1.